The van der Waals surface area contributed by atoms with Crippen LogP contribution in [-0.4, -0.2) is 52.2 Å². The highest BCUT2D eigenvalue weighted by atomic mass is 16.6. The number of rotatable bonds is 28. The van der Waals surface area contributed by atoms with Crippen LogP contribution in [0.2, 0.25) is 0 Å². The van der Waals surface area contributed by atoms with E-state index in [0.717, 1.165) is 25.9 Å². The highest BCUT2D eigenvalue weighted by molar-refractivity contribution is 5.69. The van der Waals surface area contributed by atoms with Crippen molar-refractivity contribution in [2.24, 2.45) is 0 Å². The van der Waals surface area contributed by atoms with E-state index in [2.05, 4.69) is 13.8 Å². The molecule has 0 aliphatic rings. The van der Waals surface area contributed by atoms with Crippen LogP contribution in [-0.2, 0) is 23.7 Å². The van der Waals surface area contributed by atoms with E-state index < -0.39 is 0 Å². The molecule has 0 saturated heterocycles. The predicted molar refractivity (Wildman–Crippen MR) is 138 cm³/mol. The van der Waals surface area contributed by atoms with Crippen molar-refractivity contribution in [3.05, 3.63) is 0 Å². The van der Waals surface area contributed by atoms with Gasteiger partial charge in [-0.15, -0.1) is 0 Å². The summed E-state index contributed by atoms with van der Waals surface area (Å²) in [6, 6.07) is 0. The number of ether oxygens (including phenoxy) is 4. The van der Waals surface area contributed by atoms with Crippen molar-refractivity contribution in [2.75, 3.05) is 46.2 Å². The second-order valence-electron chi connectivity index (χ2n) is 9.11. The number of hydrogen-bond acceptors (Lipinski definition) is 5. The lowest BCUT2D eigenvalue weighted by atomic mass is 10.1. The molecule has 0 bridgehead atoms. The maximum Gasteiger partial charge on any atom is 0.305 e. The largest absolute Gasteiger partial charge is 0.463 e. The standard InChI is InChI=1S/C28H56O5/c1-3-5-7-9-11-12-13-14-15-17-19-21-30-22-23-31-24-25-32-26-27-33-28(29)20-18-16-10-8-6-4-2/h3-27H2,1-2H3. The van der Waals surface area contributed by atoms with Crippen LogP contribution in [0.15, 0.2) is 0 Å². The molecule has 0 rings (SSSR count). The number of esters is 1. The van der Waals surface area contributed by atoms with Gasteiger partial charge in [0.15, 0.2) is 0 Å². The quantitative estimate of drug-likeness (QED) is 0.0865. The molecule has 0 spiro atoms. The molecule has 0 aliphatic carbocycles. The summed E-state index contributed by atoms with van der Waals surface area (Å²) in [4.78, 5) is 11.6. The van der Waals surface area contributed by atoms with E-state index in [0.29, 0.717) is 46.1 Å². The van der Waals surface area contributed by atoms with E-state index in [-0.39, 0.29) is 5.97 Å². The molecular formula is C28H56O5. The summed E-state index contributed by atoms with van der Waals surface area (Å²) in [6.45, 7) is 8.40. The van der Waals surface area contributed by atoms with Gasteiger partial charge in [-0.2, -0.15) is 0 Å². The molecule has 5 heteroatoms. The predicted octanol–water partition coefficient (Wildman–Crippen LogP) is 7.64. The third-order valence-corrected chi connectivity index (χ3v) is 5.86. The Morgan fingerprint density at radius 3 is 1.27 bits per heavy atom. The molecule has 0 fully saturated rings. The van der Waals surface area contributed by atoms with Crippen LogP contribution in [0.5, 0.6) is 0 Å². The molecule has 0 N–H and O–H groups in total. The smallest absolute Gasteiger partial charge is 0.305 e. The topological polar surface area (TPSA) is 54.0 Å². The Bertz CT molecular complexity index is 375. The molecule has 0 aliphatic heterocycles. The van der Waals surface area contributed by atoms with Gasteiger partial charge in [0.25, 0.3) is 0 Å². The van der Waals surface area contributed by atoms with Crippen LogP contribution >= 0.6 is 0 Å². The minimum absolute atomic E-state index is 0.111. The minimum Gasteiger partial charge on any atom is -0.463 e. The number of carbonyl (C=O) groups excluding carboxylic acids is 1. The zero-order chi connectivity index (χ0) is 24.1. The Balaban J connectivity index is 3.09. The normalized spacial score (nSPS) is 11.2. The molecule has 198 valence electrons. The van der Waals surface area contributed by atoms with Gasteiger partial charge in [-0.05, 0) is 12.8 Å². The second kappa shape index (κ2) is 29.4. The van der Waals surface area contributed by atoms with Gasteiger partial charge < -0.3 is 18.9 Å². The Labute approximate surface area is 205 Å². The summed E-state index contributed by atoms with van der Waals surface area (Å²) in [7, 11) is 0. The van der Waals surface area contributed by atoms with Crippen LogP contribution in [0.4, 0.5) is 0 Å². The highest BCUT2D eigenvalue weighted by Crippen LogP contribution is 2.11. The summed E-state index contributed by atoms with van der Waals surface area (Å²) in [5.41, 5.74) is 0. The van der Waals surface area contributed by atoms with E-state index in [9.17, 15) is 4.79 Å². The molecule has 0 aromatic rings. The third kappa shape index (κ3) is 29.3. The van der Waals surface area contributed by atoms with Crippen molar-refractivity contribution in [1.82, 2.24) is 0 Å². The molecule has 0 unspecified atom stereocenters. The first-order chi connectivity index (χ1) is 16.3. The van der Waals surface area contributed by atoms with Crippen LogP contribution in [0, 0.1) is 0 Å². The number of unbranched alkanes of at least 4 members (excludes halogenated alkanes) is 15. The van der Waals surface area contributed by atoms with E-state index in [1.807, 2.05) is 0 Å². The van der Waals surface area contributed by atoms with Crippen LogP contribution in [0.1, 0.15) is 129 Å². The molecule has 0 radical (unpaired) electrons. The molecule has 0 aromatic carbocycles. The monoisotopic (exact) mass is 472 g/mol. The lowest BCUT2D eigenvalue weighted by molar-refractivity contribution is -0.145. The Kier molecular flexibility index (Phi) is 28.8. The molecule has 0 aromatic heterocycles. The van der Waals surface area contributed by atoms with Crippen molar-refractivity contribution in [1.29, 1.82) is 0 Å². The van der Waals surface area contributed by atoms with E-state index in [1.54, 1.807) is 0 Å². The van der Waals surface area contributed by atoms with E-state index in [4.69, 9.17) is 18.9 Å². The van der Waals surface area contributed by atoms with Gasteiger partial charge in [0.05, 0.1) is 33.0 Å². The summed E-state index contributed by atoms with van der Waals surface area (Å²) in [5, 5.41) is 0. The molecule has 0 saturated carbocycles. The Morgan fingerprint density at radius 1 is 0.424 bits per heavy atom. The number of carbonyl (C=O) groups is 1. The molecule has 0 heterocycles. The fraction of sp³-hybridized carbons (Fsp3) is 0.964. The Hall–Kier alpha value is -0.650. The third-order valence-electron chi connectivity index (χ3n) is 5.86. The number of hydrogen-bond donors (Lipinski definition) is 0. The minimum atomic E-state index is -0.111. The molecule has 0 amide bonds. The average molecular weight is 473 g/mol. The fourth-order valence-electron chi connectivity index (χ4n) is 3.75. The van der Waals surface area contributed by atoms with E-state index >= 15 is 0 Å². The second-order valence-corrected chi connectivity index (χ2v) is 9.11. The summed E-state index contributed by atoms with van der Waals surface area (Å²) >= 11 is 0. The molecular weight excluding hydrogens is 416 g/mol. The van der Waals surface area contributed by atoms with Gasteiger partial charge in [0.2, 0.25) is 0 Å². The van der Waals surface area contributed by atoms with Gasteiger partial charge in [-0.1, -0.05) is 110 Å². The molecule has 5 nitrogen and oxygen atoms in total. The zero-order valence-electron chi connectivity index (χ0n) is 22.2. The van der Waals surface area contributed by atoms with Crippen molar-refractivity contribution in [3.63, 3.8) is 0 Å². The molecule has 0 atom stereocenters. The zero-order valence-corrected chi connectivity index (χ0v) is 22.2. The summed E-state index contributed by atoms with van der Waals surface area (Å²) in [5.74, 6) is -0.111. The maximum absolute atomic E-state index is 11.6. The van der Waals surface area contributed by atoms with Crippen LogP contribution in [0.3, 0.4) is 0 Å². The molecule has 33 heavy (non-hydrogen) atoms. The van der Waals surface area contributed by atoms with Crippen molar-refractivity contribution < 1.29 is 23.7 Å². The van der Waals surface area contributed by atoms with Crippen molar-refractivity contribution >= 4 is 5.97 Å². The summed E-state index contributed by atoms with van der Waals surface area (Å²) < 4.78 is 21.7. The first-order valence-corrected chi connectivity index (χ1v) is 14.2. The average Bonchev–Trinajstić information content (AvgIpc) is 2.82. The van der Waals surface area contributed by atoms with Crippen molar-refractivity contribution in [3.8, 4) is 0 Å². The maximum atomic E-state index is 11.6. The first kappa shape index (κ1) is 32.4. The summed E-state index contributed by atoms with van der Waals surface area (Å²) in [6.07, 6.45) is 22.5. The SMILES string of the molecule is CCCCCCCCCCCCCOCCOCCOCCOC(=O)CCCCCCCC. The van der Waals surface area contributed by atoms with Gasteiger partial charge >= 0.3 is 5.97 Å². The van der Waals surface area contributed by atoms with Gasteiger partial charge in [-0.25, -0.2) is 0 Å². The fourth-order valence-corrected chi connectivity index (χ4v) is 3.75. The van der Waals surface area contributed by atoms with Crippen molar-refractivity contribution in [2.45, 2.75) is 129 Å². The highest BCUT2D eigenvalue weighted by Gasteiger charge is 2.02. The van der Waals surface area contributed by atoms with Gasteiger partial charge in [0, 0.05) is 13.0 Å². The van der Waals surface area contributed by atoms with Gasteiger partial charge in [0.1, 0.15) is 6.61 Å². The van der Waals surface area contributed by atoms with Crippen LogP contribution < -0.4 is 0 Å². The lowest BCUT2D eigenvalue weighted by Crippen LogP contribution is -2.14. The van der Waals surface area contributed by atoms with E-state index in [1.165, 1.54) is 89.9 Å². The first-order valence-electron chi connectivity index (χ1n) is 14.2. The Morgan fingerprint density at radius 2 is 0.788 bits per heavy atom. The lowest BCUT2D eigenvalue weighted by Gasteiger charge is -2.08. The van der Waals surface area contributed by atoms with Crippen LogP contribution in [0.25, 0.3) is 0 Å². The van der Waals surface area contributed by atoms with Gasteiger partial charge in [-0.3, -0.25) is 4.79 Å².